The fourth-order valence-corrected chi connectivity index (χ4v) is 1.94. The zero-order valence-corrected chi connectivity index (χ0v) is 10.2. The van der Waals surface area contributed by atoms with Gasteiger partial charge in [-0.2, -0.15) is 0 Å². The maximum Gasteiger partial charge on any atom is 0.337 e. The average molecular weight is 229 g/mol. The first-order valence-electron chi connectivity index (χ1n) is 5.47. The van der Waals surface area contributed by atoms with Crippen LogP contribution in [0.1, 0.15) is 21.7 Å². The summed E-state index contributed by atoms with van der Waals surface area (Å²) in [4.78, 5) is 11.3. The van der Waals surface area contributed by atoms with Crippen molar-refractivity contribution in [3.05, 3.63) is 53.3 Å². The van der Waals surface area contributed by atoms with Crippen molar-refractivity contribution >= 4 is 5.97 Å². The number of rotatable bonds is 2. The molecule has 0 aliphatic heterocycles. The van der Waals surface area contributed by atoms with Gasteiger partial charge in [0.25, 0.3) is 0 Å². The van der Waals surface area contributed by atoms with Crippen LogP contribution in [0.4, 0.5) is 0 Å². The zero-order chi connectivity index (χ0) is 12.4. The minimum absolute atomic E-state index is 0.308. The number of aromatic nitrogens is 1. The van der Waals surface area contributed by atoms with Gasteiger partial charge in [0, 0.05) is 17.1 Å². The van der Waals surface area contributed by atoms with Crippen LogP contribution in [-0.2, 0) is 4.74 Å². The van der Waals surface area contributed by atoms with Crippen LogP contribution in [0, 0.1) is 13.8 Å². The van der Waals surface area contributed by atoms with E-state index in [1.807, 2.05) is 12.1 Å². The summed E-state index contributed by atoms with van der Waals surface area (Å²) in [6, 6.07) is 11.5. The number of methoxy groups -OCH3 is 1. The molecule has 0 aliphatic rings. The summed E-state index contributed by atoms with van der Waals surface area (Å²) in [5, 5.41) is 0. The Hall–Kier alpha value is -2.03. The van der Waals surface area contributed by atoms with E-state index in [2.05, 4.69) is 35.3 Å². The first-order chi connectivity index (χ1) is 8.13. The molecule has 0 radical (unpaired) electrons. The molecule has 0 saturated heterocycles. The van der Waals surface area contributed by atoms with Gasteiger partial charge >= 0.3 is 5.97 Å². The van der Waals surface area contributed by atoms with Crippen LogP contribution in [0.2, 0.25) is 0 Å². The highest BCUT2D eigenvalue weighted by atomic mass is 16.5. The topological polar surface area (TPSA) is 31.2 Å². The van der Waals surface area contributed by atoms with Crippen molar-refractivity contribution in [3.8, 4) is 5.69 Å². The predicted molar refractivity (Wildman–Crippen MR) is 66.6 cm³/mol. The average Bonchev–Trinajstić information content (AvgIpc) is 2.68. The normalized spacial score (nSPS) is 10.3. The number of esters is 1. The molecule has 0 fully saturated rings. The van der Waals surface area contributed by atoms with Crippen LogP contribution < -0.4 is 0 Å². The minimum Gasteiger partial charge on any atom is -0.465 e. The van der Waals surface area contributed by atoms with Gasteiger partial charge in [-0.1, -0.05) is 0 Å². The maximum absolute atomic E-state index is 11.3. The van der Waals surface area contributed by atoms with Crippen LogP contribution >= 0.6 is 0 Å². The van der Waals surface area contributed by atoms with Crippen LogP contribution in [0.3, 0.4) is 0 Å². The number of ether oxygens (including phenoxy) is 1. The lowest BCUT2D eigenvalue weighted by Crippen LogP contribution is -2.03. The van der Waals surface area contributed by atoms with Gasteiger partial charge in [-0.05, 0) is 50.2 Å². The Morgan fingerprint density at radius 3 is 2.00 bits per heavy atom. The molecule has 3 heteroatoms. The molecule has 0 atom stereocenters. The Balaban J connectivity index is 2.39. The Bertz CT molecular complexity index is 518. The predicted octanol–water partition coefficient (Wildman–Crippen LogP) is 2.88. The van der Waals surface area contributed by atoms with Crippen LogP contribution in [0.5, 0.6) is 0 Å². The Labute approximate surface area is 101 Å². The van der Waals surface area contributed by atoms with Gasteiger partial charge in [0.1, 0.15) is 0 Å². The number of hydrogen-bond donors (Lipinski definition) is 0. The molecule has 0 N–H and O–H groups in total. The minimum atomic E-state index is -0.308. The van der Waals surface area contributed by atoms with E-state index < -0.39 is 0 Å². The summed E-state index contributed by atoms with van der Waals surface area (Å²) < 4.78 is 6.81. The van der Waals surface area contributed by atoms with Crippen molar-refractivity contribution in [2.75, 3.05) is 7.11 Å². The maximum atomic E-state index is 11.3. The van der Waals surface area contributed by atoms with Gasteiger partial charge in [-0.3, -0.25) is 0 Å². The lowest BCUT2D eigenvalue weighted by Gasteiger charge is -2.09. The standard InChI is InChI=1S/C14H15NO2/c1-10-4-5-11(2)15(10)13-8-6-12(7-9-13)14(16)17-3/h4-9H,1-3H3. The SMILES string of the molecule is COC(=O)c1ccc(-n2c(C)ccc2C)cc1. The van der Waals surface area contributed by atoms with E-state index in [0.717, 1.165) is 5.69 Å². The molecule has 1 aromatic heterocycles. The van der Waals surface area contributed by atoms with Crippen LogP contribution in [-0.4, -0.2) is 17.6 Å². The highest BCUT2D eigenvalue weighted by molar-refractivity contribution is 5.89. The first kappa shape index (κ1) is 11.5. The first-order valence-corrected chi connectivity index (χ1v) is 5.47. The second kappa shape index (κ2) is 4.45. The molecular formula is C14H15NO2. The van der Waals surface area contributed by atoms with Crippen molar-refractivity contribution < 1.29 is 9.53 Å². The van der Waals surface area contributed by atoms with Gasteiger partial charge in [-0.15, -0.1) is 0 Å². The van der Waals surface area contributed by atoms with Gasteiger partial charge in [0.15, 0.2) is 0 Å². The molecule has 0 spiro atoms. The largest absolute Gasteiger partial charge is 0.465 e. The van der Waals surface area contributed by atoms with E-state index >= 15 is 0 Å². The Kier molecular flexibility index (Phi) is 3.00. The van der Waals surface area contributed by atoms with Gasteiger partial charge < -0.3 is 9.30 Å². The third kappa shape index (κ3) is 2.09. The van der Waals surface area contributed by atoms with Crippen molar-refractivity contribution in [3.63, 3.8) is 0 Å². The summed E-state index contributed by atoms with van der Waals surface area (Å²) in [6.07, 6.45) is 0. The molecule has 0 bridgehead atoms. The molecule has 1 heterocycles. The second-order valence-electron chi connectivity index (χ2n) is 3.99. The molecule has 0 unspecified atom stereocenters. The molecular weight excluding hydrogens is 214 g/mol. The highest BCUT2D eigenvalue weighted by Crippen LogP contribution is 2.17. The summed E-state index contributed by atoms with van der Waals surface area (Å²) >= 11 is 0. The van der Waals surface area contributed by atoms with Gasteiger partial charge in [0.05, 0.1) is 12.7 Å². The molecule has 3 nitrogen and oxygen atoms in total. The molecule has 0 aliphatic carbocycles. The monoisotopic (exact) mass is 229 g/mol. The van der Waals surface area contributed by atoms with E-state index in [9.17, 15) is 4.79 Å². The summed E-state index contributed by atoms with van der Waals surface area (Å²) in [6.45, 7) is 4.11. The summed E-state index contributed by atoms with van der Waals surface area (Å²) in [7, 11) is 1.39. The molecule has 2 rings (SSSR count). The van der Waals surface area contributed by atoms with E-state index in [1.54, 1.807) is 12.1 Å². The quantitative estimate of drug-likeness (QED) is 0.741. The molecule has 0 saturated carbocycles. The molecule has 17 heavy (non-hydrogen) atoms. The Morgan fingerprint density at radius 1 is 1.00 bits per heavy atom. The van der Waals surface area contributed by atoms with E-state index in [-0.39, 0.29) is 5.97 Å². The van der Waals surface area contributed by atoms with Crippen molar-refractivity contribution in [1.29, 1.82) is 0 Å². The smallest absolute Gasteiger partial charge is 0.337 e. The fourth-order valence-electron chi connectivity index (χ4n) is 1.94. The number of nitrogens with zero attached hydrogens (tertiary/aromatic N) is 1. The van der Waals surface area contributed by atoms with Gasteiger partial charge in [-0.25, -0.2) is 4.79 Å². The third-order valence-corrected chi connectivity index (χ3v) is 2.82. The molecule has 2 aromatic rings. The molecule has 0 amide bonds. The molecule has 88 valence electrons. The van der Waals surface area contributed by atoms with E-state index in [4.69, 9.17) is 0 Å². The summed E-state index contributed by atoms with van der Waals surface area (Å²) in [5.41, 5.74) is 3.97. The zero-order valence-electron chi connectivity index (χ0n) is 10.2. The lowest BCUT2D eigenvalue weighted by molar-refractivity contribution is 0.0601. The van der Waals surface area contributed by atoms with Crippen LogP contribution in [0.15, 0.2) is 36.4 Å². The number of carbonyl (C=O) groups is 1. The fraction of sp³-hybridized carbons (Fsp3) is 0.214. The van der Waals surface area contributed by atoms with E-state index in [1.165, 1.54) is 18.5 Å². The third-order valence-electron chi connectivity index (χ3n) is 2.82. The number of aryl methyl sites for hydroxylation is 2. The van der Waals surface area contributed by atoms with Crippen LogP contribution in [0.25, 0.3) is 5.69 Å². The molecule has 1 aromatic carbocycles. The van der Waals surface area contributed by atoms with Crippen molar-refractivity contribution in [2.24, 2.45) is 0 Å². The number of hydrogen-bond acceptors (Lipinski definition) is 2. The Morgan fingerprint density at radius 2 is 1.53 bits per heavy atom. The van der Waals surface area contributed by atoms with Crippen molar-refractivity contribution in [2.45, 2.75) is 13.8 Å². The number of benzene rings is 1. The lowest BCUT2D eigenvalue weighted by atomic mass is 10.2. The van der Waals surface area contributed by atoms with Gasteiger partial charge in [0.2, 0.25) is 0 Å². The summed E-state index contributed by atoms with van der Waals surface area (Å²) in [5.74, 6) is -0.308. The highest BCUT2D eigenvalue weighted by Gasteiger charge is 2.07. The second-order valence-corrected chi connectivity index (χ2v) is 3.99. The van der Waals surface area contributed by atoms with E-state index in [0.29, 0.717) is 5.56 Å². The number of carbonyl (C=O) groups excluding carboxylic acids is 1. The van der Waals surface area contributed by atoms with Crippen molar-refractivity contribution in [1.82, 2.24) is 4.57 Å².